The van der Waals surface area contributed by atoms with Crippen LogP contribution in [0.25, 0.3) is 0 Å². The molecule has 0 aromatic rings. The quantitative estimate of drug-likeness (QED) is 0.501. The maximum atomic E-state index is 11.6. The molecule has 0 spiro atoms. The van der Waals surface area contributed by atoms with Crippen molar-refractivity contribution >= 4 is 5.97 Å². The van der Waals surface area contributed by atoms with Gasteiger partial charge in [0.1, 0.15) is 0 Å². The Hall–Kier alpha value is -1.00. The first-order valence-electron chi connectivity index (χ1n) is 3.62. The van der Waals surface area contributed by atoms with E-state index in [1.165, 1.54) is 6.92 Å². The lowest BCUT2D eigenvalue weighted by atomic mass is 10.2. The predicted molar refractivity (Wildman–Crippen MR) is 41.1 cm³/mol. The molecule has 0 saturated carbocycles. The molecule has 5 heteroatoms. The van der Waals surface area contributed by atoms with Crippen LogP contribution in [-0.4, -0.2) is 18.8 Å². The van der Waals surface area contributed by atoms with E-state index in [1.54, 1.807) is 13.8 Å². The Morgan fingerprint density at radius 3 is 2.00 bits per heavy atom. The second-order valence-corrected chi connectivity index (χ2v) is 2.82. The fraction of sp³-hybridized carbons (Fsp3) is 0.625. The Kier molecular flexibility index (Phi) is 3.97. The van der Waals surface area contributed by atoms with E-state index in [0.717, 1.165) is 0 Å². The number of esters is 1. The molecular formula is C8H11F3O2. The predicted octanol–water partition coefficient (Wildman–Crippen LogP) is 2.45. The van der Waals surface area contributed by atoms with Gasteiger partial charge in [-0.3, -0.25) is 0 Å². The van der Waals surface area contributed by atoms with Crippen molar-refractivity contribution in [2.75, 3.05) is 6.61 Å². The molecule has 0 saturated heterocycles. The molecule has 0 radical (unpaired) electrons. The molecular weight excluding hydrogens is 185 g/mol. The lowest BCUT2D eigenvalue weighted by Crippen LogP contribution is -2.20. The zero-order chi connectivity index (χ0) is 10.6. The van der Waals surface area contributed by atoms with E-state index in [4.69, 9.17) is 0 Å². The van der Waals surface area contributed by atoms with Crippen LogP contribution >= 0.6 is 0 Å². The first kappa shape index (κ1) is 12.0. The van der Waals surface area contributed by atoms with E-state index in [-0.39, 0.29) is 5.57 Å². The molecule has 0 fully saturated rings. The maximum Gasteiger partial charge on any atom is 0.422 e. The standard InChI is InChI=1S/C8H11F3O2/c1-5(2)6(3)7(12)13-4-8(9,10)11/h4H2,1-3H3. The van der Waals surface area contributed by atoms with Crippen LogP contribution in [0.5, 0.6) is 0 Å². The number of rotatable bonds is 2. The van der Waals surface area contributed by atoms with Gasteiger partial charge in [0.05, 0.1) is 0 Å². The lowest BCUT2D eigenvalue weighted by molar-refractivity contribution is -0.183. The van der Waals surface area contributed by atoms with Crippen molar-refractivity contribution in [2.24, 2.45) is 0 Å². The molecule has 0 aromatic heterocycles. The molecule has 2 nitrogen and oxygen atoms in total. The molecule has 76 valence electrons. The van der Waals surface area contributed by atoms with E-state index in [0.29, 0.717) is 5.57 Å². The highest BCUT2D eigenvalue weighted by Crippen LogP contribution is 2.15. The molecule has 0 unspecified atom stereocenters. The highest BCUT2D eigenvalue weighted by Gasteiger charge is 2.29. The Morgan fingerprint density at radius 1 is 1.23 bits per heavy atom. The van der Waals surface area contributed by atoms with E-state index in [1.807, 2.05) is 0 Å². The summed E-state index contributed by atoms with van der Waals surface area (Å²) < 4.78 is 38.8. The molecule has 0 heterocycles. The molecule has 0 aromatic carbocycles. The van der Waals surface area contributed by atoms with Crippen molar-refractivity contribution in [3.63, 3.8) is 0 Å². The topological polar surface area (TPSA) is 26.3 Å². The summed E-state index contributed by atoms with van der Waals surface area (Å²) in [6, 6.07) is 0. The minimum Gasteiger partial charge on any atom is -0.453 e. The molecule has 0 aliphatic heterocycles. The van der Waals surface area contributed by atoms with Gasteiger partial charge in [0.15, 0.2) is 6.61 Å². The van der Waals surface area contributed by atoms with Gasteiger partial charge < -0.3 is 4.74 Å². The van der Waals surface area contributed by atoms with Crippen LogP contribution in [0.4, 0.5) is 13.2 Å². The van der Waals surface area contributed by atoms with Gasteiger partial charge in [-0.1, -0.05) is 5.57 Å². The number of halogens is 3. The van der Waals surface area contributed by atoms with Crippen LogP contribution in [0.3, 0.4) is 0 Å². The third-order valence-electron chi connectivity index (χ3n) is 1.42. The summed E-state index contributed by atoms with van der Waals surface area (Å²) in [6.45, 7) is 3.15. The highest BCUT2D eigenvalue weighted by atomic mass is 19.4. The van der Waals surface area contributed by atoms with Crippen molar-refractivity contribution in [1.82, 2.24) is 0 Å². The zero-order valence-corrected chi connectivity index (χ0v) is 7.66. The Bertz CT molecular complexity index is 224. The summed E-state index contributed by atoms with van der Waals surface area (Å²) in [7, 11) is 0. The molecule has 0 rings (SSSR count). The minimum absolute atomic E-state index is 0.212. The number of ether oxygens (including phenoxy) is 1. The fourth-order valence-corrected chi connectivity index (χ4v) is 0.460. The van der Waals surface area contributed by atoms with Crippen molar-refractivity contribution in [3.05, 3.63) is 11.1 Å². The first-order chi connectivity index (χ1) is 5.74. The van der Waals surface area contributed by atoms with E-state index in [9.17, 15) is 18.0 Å². The van der Waals surface area contributed by atoms with Gasteiger partial charge in [-0.05, 0) is 20.8 Å². The van der Waals surface area contributed by atoms with E-state index in [2.05, 4.69) is 4.74 Å². The fourth-order valence-electron chi connectivity index (χ4n) is 0.460. The third-order valence-corrected chi connectivity index (χ3v) is 1.42. The SMILES string of the molecule is CC(C)=C(C)C(=O)OCC(F)(F)F. The smallest absolute Gasteiger partial charge is 0.422 e. The van der Waals surface area contributed by atoms with E-state index < -0.39 is 18.8 Å². The van der Waals surface area contributed by atoms with Crippen molar-refractivity contribution in [3.8, 4) is 0 Å². The Balaban J connectivity index is 4.12. The third kappa shape index (κ3) is 5.27. The molecule has 0 atom stereocenters. The normalized spacial score (nSPS) is 10.9. The Labute approximate surface area is 74.4 Å². The molecule has 0 amide bonds. The number of carbonyl (C=O) groups excluding carboxylic acids is 1. The zero-order valence-electron chi connectivity index (χ0n) is 7.66. The monoisotopic (exact) mass is 196 g/mol. The van der Waals surface area contributed by atoms with Gasteiger partial charge in [0, 0.05) is 5.57 Å². The molecule has 0 N–H and O–H groups in total. The molecule has 13 heavy (non-hydrogen) atoms. The number of allylic oxidation sites excluding steroid dienone is 1. The minimum atomic E-state index is -4.46. The second kappa shape index (κ2) is 4.30. The molecule has 0 aliphatic carbocycles. The van der Waals surface area contributed by atoms with Crippen LogP contribution in [-0.2, 0) is 9.53 Å². The van der Waals surface area contributed by atoms with Crippen LogP contribution in [0.2, 0.25) is 0 Å². The second-order valence-electron chi connectivity index (χ2n) is 2.82. The van der Waals surface area contributed by atoms with Gasteiger partial charge in [-0.25, -0.2) is 4.79 Å². The lowest BCUT2D eigenvalue weighted by Gasteiger charge is -2.08. The van der Waals surface area contributed by atoms with Crippen LogP contribution in [0.15, 0.2) is 11.1 Å². The largest absolute Gasteiger partial charge is 0.453 e. The van der Waals surface area contributed by atoms with Gasteiger partial charge >= 0.3 is 12.1 Å². The molecule has 0 bridgehead atoms. The van der Waals surface area contributed by atoms with Crippen LogP contribution in [0.1, 0.15) is 20.8 Å². The Morgan fingerprint density at radius 2 is 1.69 bits per heavy atom. The van der Waals surface area contributed by atoms with Crippen LogP contribution < -0.4 is 0 Å². The summed E-state index contributed by atoms with van der Waals surface area (Å²) >= 11 is 0. The average molecular weight is 196 g/mol. The summed E-state index contributed by atoms with van der Waals surface area (Å²) in [4.78, 5) is 10.9. The van der Waals surface area contributed by atoms with Crippen molar-refractivity contribution in [2.45, 2.75) is 26.9 Å². The van der Waals surface area contributed by atoms with Crippen LogP contribution in [0, 0.1) is 0 Å². The number of hydrogen-bond acceptors (Lipinski definition) is 2. The summed E-state index contributed by atoms with van der Waals surface area (Å²) in [5.74, 6) is -0.919. The summed E-state index contributed by atoms with van der Waals surface area (Å²) in [5.41, 5.74) is 0.858. The van der Waals surface area contributed by atoms with Gasteiger partial charge in [-0.2, -0.15) is 13.2 Å². The molecule has 0 aliphatic rings. The van der Waals surface area contributed by atoms with Crippen molar-refractivity contribution in [1.29, 1.82) is 0 Å². The van der Waals surface area contributed by atoms with Crippen molar-refractivity contribution < 1.29 is 22.7 Å². The summed E-state index contributed by atoms with van der Waals surface area (Å²) in [6.07, 6.45) is -4.46. The van der Waals surface area contributed by atoms with E-state index >= 15 is 0 Å². The van der Waals surface area contributed by atoms with Gasteiger partial charge in [0.2, 0.25) is 0 Å². The van der Waals surface area contributed by atoms with Gasteiger partial charge in [-0.15, -0.1) is 0 Å². The first-order valence-corrected chi connectivity index (χ1v) is 3.62. The highest BCUT2D eigenvalue weighted by molar-refractivity contribution is 5.88. The number of hydrogen-bond donors (Lipinski definition) is 0. The summed E-state index contributed by atoms with van der Waals surface area (Å²) in [5, 5.41) is 0. The van der Waals surface area contributed by atoms with Gasteiger partial charge in [0.25, 0.3) is 0 Å². The number of carbonyl (C=O) groups is 1. The number of alkyl halides is 3. The average Bonchev–Trinajstić information content (AvgIpc) is 1.97. The maximum absolute atomic E-state index is 11.6.